The van der Waals surface area contributed by atoms with Gasteiger partial charge in [0, 0.05) is 50.2 Å². The Morgan fingerprint density at radius 2 is 1.92 bits per heavy atom. The molecule has 136 valence electrons. The van der Waals surface area contributed by atoms with Crippen molar-refractivity contribution in [3.8, 4) is 0 Å². The molecule has 0 spiro atoms. The van der Waals surface area contributed by atoms with Crippen molar-refractivity contribution in [1.29, 1.82) is 0 Å². The van der Waals surface area contributed by atoms with Crippen molar-refractivity contribution in [3.05, 3.63) is 60.4 Å². The van der Waals surface area contributed by atoms with Gasteiger partial charge in [-0.25, -0.2) is 0 Å². The fourth-order valence-corrected chi connectivity index (χ4v) is 2.49. The molecule has 25 heavy (non-hydrogen) atoms. The minimum absolute atomic E-state index is 0. The van der Waals surface area contributed by atoms with Crippen LogP contribution in [-0.2, 0) is 6.42 Å². The third-order valence-electron chi connectivity index (χ3n) is 3.78. The van der Waals surface area contributed by atoms with Crippen LogP contribution in [0.5, 0.6) is 0 Å². The van der Waals surface area contributed by atoms with E-state index in [0.29, 0.717) is 5.96 Å². The summed E-state index contributed by atoms with van der Waals surface area (Å²) < 4.78 is 0. The lowest BCUT2D eigenvalue weighted by Gasteiger charge is -2.22. The van der Waals surface area contributed by atoms with E-state index in [1.54, 1.807) is 6.20 Å². The Morgan fingerprint density at radius 1 is 1.16 bits per heavy atom. The molecule has 5 nitrogen and oxygen atoms in total. The Labute approximate surface area is 167 Å². The van der Waals surface area contributed by atoms with Crippen LogP contribution in [0.15, 0.2) is 59.7 Å². The fourth-order valence-electron chi connectivity index (χ4n) is 2.49. The lowest BCUT2D eigenvalue weighted by atomic mass is 10.2. The minimum atomic E-state index is 0. The number of anilines is 1. The Morgan fingerprint density at radius 3 is 2.60 bits per heavy atom. The fraction of sp³-hybridized carbons (Fsp3) is 0.368. The maximum Gasteiger partial charge on any atom is 0.188 e. The predicted octanol–water partition coefficient (Wildman–Crippen LogP) is 3.06. The van der Waals surface area contributed by atoms with E-state index < -0.39 is 0 Å². The van der Waals surface area contributed by atoms with E-state index in [4.69, 9.17) is 5.73 Å². The Balaban J connectivity index is 0.00000312. The molecule has 1 aromatic carbocycles. The van der Waals surface area contributed by atoms with Crippen molar-refractivity contribution in [2.75, 3.05) is 31.1 Å². The first-order valence-corrected chi connectivity index (χ1v) is 8.53. The number of hydrogen-bond acceptors (Lipinski definition) is 3. The van der Waals surface area contributed by atoms with Crippen molar-refractivity contribution in [2.24, 2.45) is 10.7 Å². The maximum atomic E-state index is 5.90. The van der Waals surface area contributed by atoms with E-state index in [1.165, 1.54) is 5.69 Å². The highest BCUT2D eigenvalue weighted by atomic mass is 127. The second kappa shape index (κ2) is 12.5. The lowest BCUT2D eigenvalue weighted by Crippen LogP contribution is -2.33. The molecular formula is C19H28IN5. The van der Waals surface area contributed by atoms with Crippen molar-refractivity contribution in [2.45, 2.75) is 19.8 Å². The molecule has 0 radical (unpaired) electrons. The first kappa shape index (κ1) is 21.2. The average Bonchev–Trinajstić information content (AvgIpc) is 2.63. The highest BCUT2D eigenvalue weighted by molar-refractivity contribution is 14.0. The van der Waals surface area contributed by atoms with Crippen LogP contribution in [0.3, 0.4) is 0 Å². The number of rotatable bonds is 9. The Bertz CT molecular complexity index is 604. The van der Waals surface area contributed by atoms with E-state index in [0.717, 1.165) is 44.7 Å². The first-order chi connectivity index (χ1) is 11.8. The van der Waals surface area contributed by atoms with Gasteiger partial charge in [-0.3, -0.25) is 9.98 Å². The van der Waals surface area contributed by atoms with Gasteiger partial charge >= 0.3 is 0 Å². The van der Waals surface area contributed by atoms with Gasteiger partial charge in [0.2, 0.25) is 0 Å². The zero-order chi connectivity index (χ0) is 17.0. The number of aromatic nitrogens is 1. The maximum absolute atomic E-state index is 5.90. The topological polar surface area (TPSA) is 66.5 Å². The Kier molecular flexibility index (Phi) is 10.6. The molecule has 2 rings (SSSR count). The summed E-state index contributed by atoms with van der Waals surface area (Å²) >= 11 is 0. The molecule has 0 bridgehead atoms. The summed E-state index contributed by atoms with van der Waals surface area (Å²) in [7, 11) is 0. The van der Waals surface area contributed by atoms with Crippen LogP contribution in [0.25, 0.3) is 0 Å². The molecule has 0 atom stereocenters. The minimum Gasteiger partial charge on any atom is -0.372 e. The van der Waals surface area contributed by atoms with E-state index in [1.807, 2.05) is 24.3 Å². The third kappa shape index (κ3) is 8.20. The van der Waals surface area contributed by atoms with Gasteiger partial charge in [0.05, 0.1) is 0 Å². The van der Waals surface area contributed by atoms with Gasteiger partial charge in [0.25, 0.3) is 0 Å². The molecule has 3 N–H and O–H groups in total. The van der Waals surface area contributed by atoms with Crippen LogP contribution in [0.1, 0.15) is 19.0 Å². The molecule has 1 heterocycles. The molecule has 0 unspecified atom stereocenters. The van der Waals surface area contributed by atoms with Crippen LogP contribution < -0.4 is 16.0 Å². The zero-order valence-corrected chi connectivity index (χ0v) is 17.1. The number of nitrogens with two attached hydrogens (primary N) is 1. The number of nitrogens with zero attached hydrogens (tertiary/aromatic N) is 3. The monoisotopic (exact) mass is 453 g/mol. The van der Waals surface area contributed by atoms with Crippen LogP contribution in [0.4, 0.5) is 5.69 Å². The molecule has 6 heteroatoms. The van der Waals surface area contributed by atoms with Gasteiger partial charge in [-0.1, -0.05) is 24.3 Å². The molecular weight excluding hydrogens is 425 g/mol. The normalized spacial score (nSPS) is 10.8. The van der Waals surface area contributed by atoms with Crippen LogP contribution in [0, 0.1) is 0 Å². The summed E-state index contributed by atoms with van der Waals surface area (Å²) in [5.74, 6) is 0.508. The number of guanidine groups is 1. The summed E-state index contributed by atoms with van der Waals surface area (Å²) in [4.78, 5) is 11.0. The third-order valence-corrected chi connectivity index (χ3v) is 3.78. The van der Waals surface area contributed by atoms with Crippen molar-refractivity contribution in [1.82, 2.24) is 10.3 Å². The summed E-state index contributed by atoms with van der Waals surface area (Å²) in [5, 5.41) is 3.14. The SMILES string of the molecule is CCN(CCCN=C(N)NCCc1ccccn1)c1ccccc1.I. The molecule has 1 aromatic heterocycles. The van der Waals surface area contributed by atoms with Crippen molar-refractivity contribution in [3.63, 3.8) is 0 Å². The van der Waals surface area contributed by atoms with Crippen molar-refractivity contribution >= 4 is 35.6 Å². The molecule has 0 aliphatic rings. The number of benzene rings is 1. The highest BCUT2D eigenvalue weighted by Crippen LogP contribution is 2.12. The van der Waals surface area contributed by atoms with E-state index >= 15 is 0 Å². The summed E-state index contributed by atoms with van der Waals surface area (Å²) in [6.07, 6.45) is 3.62. The zero-order valence-electron chi connectivity index (χ0n) is 14.8. The van der Waals surface area contributed by atoms with Gasteiger partial charge < -0.3 is 16.0 Å². The number of para-hydroxylation sites is 1. The summed E-state index contributed by atoms with van der Waals surface area (Å²) in [6.45, 7) is 5.61. The number of pyridine rings is 1. The van der Waals surface area contributed by atoms with Gasteiger partial charge in [0.1, 0.15) is 0 Å². The first-order valence-electron chi connectivity index (χ1n) is 8.53. The molecule has 0 amide bonds. The number of hydrogen-bond donors (Lipinski definition) is 2. The lowest BCUT2D eigenvalue weighted by molar-refractivity contribution is 0.748. The van der Waals surface area contributed by atoms with Crippen LogP contribution >= 0.6 is 24.0 Å². The summed E-state index contributed by atoms with van der Waals surface area (Å²) in [5.41, 5.74) is 8.21. The molecule has 2 aromatic rings. The average molecular weight is 453 g/mol. The smallest absolute Gasteiger partial charge is 0.188 e. The molecule has 0 saturated carbocycles. The number of aliphatic imine (C=N–C) groups is 1. The molecule has 0 fully saturated rings. The second-order valence-corrected chi connectivity index (χ2v) is 5.53. The van der Waals surface area contributed by atoms with Crippen molar-refractivity contribution < 1.29 is 0 Å². The van der Waals surface area contributed by atoms with Crippen LogP contribution in [-0.4, -0.2) is 37.1 Å². The van der Waals surface area contributed by atoms with E-state index in [9.17, 15) is 0 Å². The van der Waals surface area contributed by atoms with E-state index in [-0.39, 0.29) is 24.0 Å². The standard InChI is InChI=1S/C19H27N5.HI/c1-2-24(18-10-4-3-5-11-18)16-8-14-22-19(20)23-15-12-17-9-6-7-13-21-17;/h3-7,9-11,13H,2,8,12,14-16H2,1H3,(H3,20,22,23);1H. The largest absolute Gasteiger partial charge is 0.372 e. The summed E-state index contributed by atoms with van der Waals surface area (Å²) in [6, 6.07) is 16.4. The molecule has 0 aliphatic heterocycles. The van der Waals surface area contributed by atoms with E-state index in [2.05, 4.69) is 51.4 Å². The van der Waals surface area contributed by atoms with Gasteiger partial charge in [-0.05, 0) is 37.6 Å². The van der Waals surface area contributed by atoms with Crippen LogP contribution in [0.2, 0.25) is 0 Å². The van der Waals surface area contributed by atoms with Gasteiger partial charge in [-0.2, -0.15) is 0 Å². The molecule has 0 saturated heterocycles. The Hall–Kier alpha value is -1.83. The highest BCUT2D eigenvalue weighted by Gasteiger charge is 2.02. The molecule has 0 aliphatic carbocycles. The van der Waals surface area contributed by atoms with Gasteiger partial charge in [0.15, 0.2) is 5.96 Å². The second-order valence-electron chi connectivity index (χ2n) is 5.53. The number of halogens is 1. The quantitative estimate of drug-likeness (QED) is 0.265. The predicted molar refractivity (Wildman–Crippen MR) is 117 cm³/mol. The number of nitrogens with one attached hydrogen (secondary N) is 1. The van der Waals surface area contributed by atoms with Gasteiger partial charge in [-0.15, -0.1) is 24.0 Å².